The molecule has 0 amide bonds. The van der Waals surface area contributed by atoms with Gasteiger partial charge in [-0.25, -0.2) is 4.79 Å². The summed E-state index contributed by atoms with van der Waals surface area (Å²) in [6.07, 6.45) is 4.70. The monoisotopic (exact) mass is 269 g/mol. The van der Waals surface area contributed by atoms with Crippen molar-refractivity contribution in [3.05, 3.63) is 40.6 Å². The number of pyridine rings is 1. The first-order chi connectivity index (χ1) is 9.58. The molecule has 0 unspecified atom stereocenters. The van der Waals surface area contributed by atoms with E-state index in [2.05, 4.69) is 0 Å². The fourth-order valence-corrected chi connectivity index (χ4v) is 3.26. The Hall–Kier alpha value is -1.90. The van der Waals surface area contributed by atoms with Crippen LogP contribution in [-0.2, 0) is 0 Å². The van der Waals surface area contributed by atoms with Crippen LogP contribution in [0.3, 0.4) is 0 Å². The quantitative estimate of drug-likeness (QED) is 0.888. The fourth-order valence-electron chi connectivity index (χ4n) is 3.26. The molecule has 0 saturated heterocycles. The highest BCUT2D eigenvalue weighted by atomic mass is 16.4. The van der Waals surface area contributed by atoms with Crippen LogP contribution in [0.15, 0.2) is 18.2 Å². The largest absolute Gasteiger partial charge is 0.478 e. The van der Waals surface area contributed by atoms with Gasteiger partial charge in [0.25, 0.3) is 0 Å². The minimum Gasteiger partial charge on any atom is -0.478 e. The van der Waals surface area contributed by atoms with E-state index in [1.165, 1.54) is 12.8 Å². The van der Waals surface area contributed by atoms with Gasteiger partial charge in [0.2, 0.25) is 0 Å². The molecular formula is C17H19NO2. The summed E-state index contributed by atoms with van der Waals surface area (Å²) in [7, 11) is 0. The normalized spacial score (nSPS) is 15.9. The van der Waals surface area contributed by atoms with Crippen LogP contribution < -0.4 is 0 Å². The summed E-state index contributed by atoms with van der Waals surface area (Å²) in [5.41, 5.74) is 4.24. The maximum absolute atomic E-state index is 11.6. The number of nitrogens with zero attached hydrogens (tertiary/aromatic N) is 1. The molecule has 1 fully saturated rings. The Balaban J connectivity index is 2.30. The zero-order valence-electron chi connectivity index (χ0n) is 11.9. The minimum absolute atomic E-state index is 0.401. The van der Waals surface area contributed by atoms with Gasteiger partial charge < -0.3 is 5.11 Å². The maximum Gasteiger partial charge on any atom is 0.336 e. The highest BCUT2D eigenvalue weighted by Crippen LogP contribution is 2.35. The van der Waals surface area contributed by atoms with Gasteiger partial charge in [0.05, 0.1) is 11.1 Å². The van der Waals surface area contributed by atoms with E-state index in [1.807, 2.05) is 26.0 Å². The van der Waals surface area contributed by atoms with E-state index in [1.54, 1.807) is 6.07 Å². The molecular weight excluding hydrogens is 250 g/mol. The van der Waals surface area contributed by atoms with Gasteiger partial charge in [0.15, 0.2) is 0 Å². The van der Waals surface area contributed by atoms with Gasteiger partial charge in [-0.2, -0.15) is 0 Å². The predicted molar refractivity (Wildman–Crippen MR) is 79.4 cm³/mol. The lowest BCUT2D eigenvalue weighted by Gasteiger charge is -2.14. The van der Waals surface area contributed by atoms with E-state index < -0.39 is 5.97 Å². The Bertz CT molecular complexity index is 685. The van der Waals surface area contributed by atoms with Gasteiger partial charge in [-0.15, -0.1) is 0 Å². The summed E-state index contributed by atoms with van der Waals surface area (Å²) in [6.45, 7) is 3.95. The van der Waals surface area contributed by atoms with Gasteiger partial charge in [-0.05, 0) is 43.9 Å². The third-order valence-corrected chi connectivity index (χ3v) is 4.39. The molecule has 1 saturated carbocycles. The number of benzene rings is 1. The number of carboxylic acids is 1. The standard InChI is InChI=1S/C17H19NO2/c1-10-7-8-11(2)16-15(10)13(17(19)20)9-14(18-16)12-5-3-4-6-12/h7-9,12H,3-6H2,1-2H3,(H,19,20). The third-order valence-electron chi connectivity index (χ3n) is 4.39. The van der Waals surface area contributed by atoms with Crippen LogP contribution in [0, 0.1) is 13.8 Å². The van der Waals surface area contributed by atoms with Crippen molar-refractivity contribution in [2.24, 2.45) is 0 Å². The first-order valence-corrected chi connectivity index (χ1v) is 7.22. The topological polar surface area (TPSA) is 50.2 Å². The smallest absolute Gasteiger partial charge is 0.336 e. The molecule has 1 aromatic heterocycles. The molecule has 0 radical (unpaired) electrons. The van der Waals surface area contributed by atoms with Gasteiger partial charge in [0, 0.05) is 17.0 Å². The SMILES string of the molecule is Cc1ccc(C)c2c(C(=O)O)cc(C3CCCC3)nc12. The molecule has 1 N–H and O–H groups in total. The van der Waals surface area contributed by atoms with Crippen molar-refractivity contribution in [2.45, 2.75) is 45.4 Å². The molecule has 104 valence electrons. The number of hydrogen-bond acceptors (Lipinski definition) is 2. The molecule has 0 bridgehead atoms. The number of carboxylic acid groups (broad SMARTS) is 1. The van der Waals surface area contributed by atoms with Crippen molar-refractivity contribution >= 4 is 16.9 Å². The number of hydrogen-bond donors (Lipinski definition) is 1. The molecule has 3 heteroatoms. The second-order valence-corrected chi connectivity index (χ2v) is 5.80. The first kappa shape index (κ1) is 13.1. The fraction of sp³-hybridized carbons (Fsp3) is 0.412. The van der Waals surface area contributed by atoms with E-state index in [-0.39, 0.29) is 0 Å². The molecule has 0 spiro atoms. The highest BCUT2D eigenvalue weighted by molar-refractivity contribution is 6.04. The van der Waals surface area contributed by atoms with Crippen molar-refractivity contribution in [3.63, 3.8) is 0 Å². The molecule has 1 heterocycles. The van der Waals surface area contributed by atoms with Crippen molar-refractivity contribution in [3.8, 4) is 0 Å². The lowest BCUT2D eigenvalue weighted by atomic mass is 9.96. The molecule has 3 rings (SSSR count). The Kier molecular flexibility index (Phi) is 3.20. The molecule has 3 nitrogen and oxygen atoms in total. The first-order valence-electron chi connectivity index (χ1n) is 7.22. The van der Waals surface area contributed by atoms with E-state index in [0.29, 0.717) is 11.5 Å². The van der Waals surface area contributed by atoms with Crippen LogP contribution in [0.25, 0.3) is 10.9 Å². The Morgan fingerprint density at radius 2 is 1.85 bits per heavy atom. The second-order valence-electron chi connectivity index (χ2n) is 5.80. The van der Waals surface area contributed by atoms with E-state index in [9.17, 15) is 9.90 Å². The van der Waals surface area contributed by atoms with Crippen LogP contribution in [0.5, 0.6) is 0 Å². The number of rotatable bonds is 2. The Labute approximate surface area is 118 Å². The number of aromatic nitrogens is 1. The van der Waals surface area contributed by atoms with Crippen molar-refractivity contribution in [2.75, 3.05) is 0 Å². The average Bonchev–Trinajstić information content (AvgIpc) is 2.96. The summed E-state index contributed by atoms with van der Waals surface area (Å²) >= 11 is 0. The van der Waals surface area contributed by atoms with E-state index in [4.69, 9.17) is 4.98 Å². The molecule has 2 aromatic rings. The van der Waals surface area contributed by atoms with Gasteiger partial charge in [0.1, 0.15) is 0 Å². The number of carbonyl (C=O) groups is 1. The maximum atomic E-state index is 11.6. The van der Waals surface area contributed by atoms with Crippen LogP contribution in [0.1, 0.15) is 58.8 Å². The summed E-state index contributed by atoms with van der Waals surface area (Å²) in [6, 6.07) is 5.79. The molecule has 0 atom stereocenters. The second kappa shape index (κ2) is 4.89. The summed E-state index contributed by atoms with van der Waals surface area (Å²) < 4.78 is 0. The van der Waals surface area contributed by atoms with Crippen LogP contribution in [0.2, 0.25) is 0 Å². The summed E-state index contributed by atoms with van der Waals surface area (Å²) in [4.78, 5) is 16.4. The molecule has 1 aromatic carbocycles. The molecule has 20 heavy (non-hydrogen) atoms. The number of fused-ring (bicyclic) bond motifs is 1. The van der Waals surface area contributed by atoms with Gasteiger partial charge in [-0.1, -0.05) is 25.0 Å². The summed E-state index contributed by atoms with van der Waals surface area (Å²) in [5, 5.41) is 10.3. The van der Waals surface area contributed by atoms with E-state index in [0.717, 1.165) is 40.6 Å². The van der Waals surface area contributed by atoms with Crippen molar-refractivity contribution in [1.82, 2.24) is 4.98 Å². The molecule has 0 aliphatic heterocycles. The Morgan fingerprint density at radius 1 is 1.20 bits per heavy atom. The third kappa shape index (κ3) is 2.07. The van der Waals surface area contributed by atoms with Crippen molar-refractivity contribution < 1.29 is 9.90 Å². The van der Waals surface area contributed by atoms with Crippen LogP contribution in [-0.4, -0.2) is 16.1 Å². The van der Waals surface area contributed by atoms with Crippen LogP contribution >= 0.6 is 0 Å². The lowest BCUT2D eigenvalue weighted by Crippen LogP contribution is -2.06. The zero-order valence-corrected chi connectivity index (χ0v) is 11.9. The van der Waals surface area contributed by atoms with Crippen molar-refractivity contribution in [1.29, 1.82) is 0 Å². The van der Waals surface area contributed by atoms with Crippen LogP contribution in [0.4, 0.5) is 0 Å². The average molecular weight is 269 g/mol. The number of aromatic carboxylic acids is 1. The van der Waals surface area contributed by atoms with Gasteiger partial charge in [-0.3, -0.25) is 4.98 Å². The predicted octanol–water partition coefficient (Wildman–Crippen LogP) is 4.21. The minimum atomic E-state index is -0.856. The molecule has 1 aliphatic carbocycles. The molecule has 1 aliphatic rings. The summed E-state index contributed by atoms with van der Waals surface area (Å²) in [5.74, 6) is -0.428. The van der Waals surface area contributed by atoms with E-state index >= 15 is 0 Å². The highest BCUT2D eigenvalue weighted by Gasteiger charge is 2.22. The zero-order chi connectivity index (χ0) is 14.3. The number of aryl methyl sites for hydroxylation is 2. The van der Waals surface area contributed by atoms with Gasteiger partial charge >= 0.3 is 5.97 Å². The Morgan fingerprint density at radius 3 is 2.50 bits per heavy atom. The lowest BCUT2D eigenvalue weighted by molar-refractivity contribution is 0.0698.